The Bertz CT molecular complexity index is 563. The Morgan fingerprint density at radius 1 is 1.11 bits per heavy atom. The van der Waals surface area contributed by atoms with Crippen molar-refractivity contribution >= 4 is 11.4 Å². The molecule has 0 amide bonds. The lowest BCUT2D eigenvalue weighted by Crippen LogP contribution is -2.23. The molecule has 2 aromatic rings. The summed E-state index contributed by atoms with van der Waals surface area (Å²) < 4.78 is 0. The van der Waals surface area contributed by atoms with Crippen molar-refractivity contribution in [1.29, 1.82) is 0 Å². The summed E-state index contributed by atoms with van der Waals surface area (Å²) in [6.07, 6.45) is 2.48. The molecule has 1 heterocycles. The van der Waals surface area contributed by atoms with Crippen molar-refractivity contribution < 1.29 is 0 Å². The fourth-order valence-electron chi connectivity index (χ4n) is 3.08. The standard InChI is InChI=1S/C17H20N2/c1-13-12-15(18)9-10-16(13)19-11-5-8-17(19)14-6-3-2-4-7-14/h2-4,6-7,9-10,12,17H,5,8,11,18H2,1H3. The first kappa shape index (κ1) is 12.1. The number of nitrogens with zero attached hydrogens (tertiary/aromatic N) is 1. The number of aryl methyl sites for hydroxylation is 1. The van der Waals surface area contributed by atoms with Gasteiger partial charge in [-0.05, 0) is 49.1 Å². The molecule has 98 valence electrons. The maximum absolute atomic E-state index is 5.85. The van der Waals surface area contributed by atoms with Crippen molar-refractivity contribution in [3.05, 3.63) is 59.7 Å². The molecule has 2 nitrogen and oxygen atoms in total. The molecule has 2 N–H and O–H groups in total. The van der Waals surface area contributed by atoms with E-state index in [0.717, 1.165) is 12.2 Å². The molecule has 1 unspecified atom stereocenters. The van der Waals surface area contributed by atoms with E-state index < -0.39 is 0 Å². The average molecular weight is 252 g/mol. The molecule has 19 heavy (non-hydrogen) atoms. The Hall–Kier alpha value is -1.96. The molecule has 0 bridgehead atoms. The van der Waals surface area contributed by atoms with Gasteiger partial charge in [-0.25, -0.2) is 0 Å². The van der Waals surface area contributed by atoms with Gasteiger partial charge in [0.05, 0.1) is 6.04 Å². The molecule has 2 heteroatoms. The second-order valence-electron chi connectivity index (χ2n) is 5.31. The van der Waals surface area contributed by atoms with Crippen LogP contribution in [-0.2, 0) is 0 Å². The Kier molecular flexibility index (Phi) is 3.16. The highest BCUT2D eigenvalue weighted by molar-refractivity contribution is 5.60. The van der Waals surface area contributed by atoms with Crippen LogP contribution in [0, 0.1) is 6.92 Å². The fourth-order valence-corrected chi connectivity index (χ4v) is 3.08. The van der Waals surface area contributed by atoms with Crippen molar-refractivity contribution in [1.82, 2.24) is 0 Å². The summed E-state index contributed by atoms with van der Waals surface area (Å²) in [5, 5.41) is 0. The monoisotopic (exact) mass is 252 g/mol. The van der Waals surface area contributed by atoms with Crippen molar-refractivity contribution in [3.8, 4) is 0 Å². The van der Waals surface area contributed by atoms with Gasteiger partial charge in [0.15, 0.2) is 0 Å². The van der Waals surface area contributed by atoms with E-state index >= 15 is 0 Å². The number of hydrogen-bond donors (Lipinski definition) is 1. The number of benzene rings is 2. The minimum Gasteiger partial charge on any atom is -0.399 e. The molecule has 0 aromatic heterocycles. The zero-order valence-corrected chi connectivity index (χ0v) is 11.3. The highest BCUT2D eigenvalue weighted by Gasteiger charge is 2.26. The Balaban J connectivity index is 1.95. The van der Waals surface area contributed by atoms with Gasteiger partial charge in [-0.15, -0.1) is 0 Å². The Morgan fingerprint density at radius 2 is 1.89 bits per heavy atom. The van der Waals surface area contributed by atoms with Crippen LogP contribution >= 0.6 is 0 Å². The largest absolute Gasteiger partial charge is 0.399 e. The highest BCUT2D eigenvalue weighted by Crippen LogP contribution is 2.37. The van der Waals surface area contributed by atoms with E-state index in [1.165, 1.54) is 29.7 Å². The van der Waals surface area contributed by atoms with E-state index in [0.29, 0.717) is 6.04 Å². The Morgan fingerprint density at radius 3 is 2.63 bits per heavy atom. The third-order valence-electron chi connectivity index (χ3n) is 3.97. The van der Waals surface area contributed by atoms with Gasteiger partial charge in [-0.2, -0.15) is 0 Å². The third-order valence-corrected chi connectivity index (χ3v) is 3.97. The SMILES string of the molecule is Cc1cc(N)ccc1N1CCCC1c1ccccc1. The number of hydrogen-bond acceptors (Lipinski definition) is 2. The summed E-state index contributed by atoms with van der Waals surface area (Å²) in [5.41, 5.74) is 10.7. The number of nitrogens with two attached hydrogens (primary N) is 1. The topological polar surface area (TPSA) is 29.3 Å². The first-order valence-corrected chi connectivity index (χ1v) is 6.93. The van der Waals surface area contributed by atoms with Crippen LogP contribution in [0.2, 0.25) is 0 Å². The van der Waals surface area contributed by atoms with E-state index in [9.17, 15) is 0 Å². The van der Waals surface area contributed by atoms with E-state index in [1.54, 1.807) is 0 Å². The second kappa shape index (κ2) is 4.96. The van der Waals surface area contributed by atoms with Gasteiger partial charge in [0, 0.05) is 17.9 Å². The zero-order valence-electron chi connectivity index (χ0n) is 11.3. The minimum absolute atomic E-state index is 0.503. The predicted octanol–water partition coefficient (Wildman–Crippen LogP) is 3.92. The van der Waals surface area contributed by atoms with Crippen LogP contribution in [-0.4, -0.2) is 6.54 Å². The Labute approximate surface area is 114 Å². The molecule has 0 spiro atoms. The van der Waals surface area contributed by atoms with E-state index in [2.05, 4.69) is 54.3 Å². The summed E-state index contributed by atoms with van der Waals surface area (Å²) in [4.78, 5) is 2.52. The number of nitrogen functional groups attached to an aromatic ring is 1. The molecule has 1 saturated heterocycles. The lowest BCUT2D eigenvalue weighted by atomic mass is 10.0. The molecule has 1 atom stereocenters. The van der Waals surface area contributed by atoms with Gasteiger partial charge in [0.25, 0.3) is 0 Å². The molecular weight excluding hydrogens is 232 g/mol. The predicted molar refractivity (Wildman–Crippen MR) is 81.4 cm³/mol. The first-order chi connectivity index (χ1) is 9.25. The van der Waals surface area contributed by atoms with Gasteiger partial charge in [0.1, 0.15) is 0 Å². The molecule has 0 radical (unpaired) electrons. The van der Waals surface area contributed by atoms with Crippen molar-refractivity contribution in [3.63, 3.8) is 0 Å². The van der Waals surface area contributed by atoms with Crippen LogP contribution in [0.4, 0.5) is 11.4 Å². The fraction of sp³-hybridized carbons (Fsp3) is 0.294. The van der Waals surface area contributed by atoms with Crippen LogP contribution in [0.3, 0.4) is 0 Å². The first-order valence-electron chi connectivity index (χ1n) is 6.93. The van der Waals surface area contributed by atoms with Crippen LogP contribution in [0.25, 0.3) is 0 Å². The summed E-state index contributed by atoms with van der Waals surface area (Å²) in [6.45, 7) is 3.27. The van der Waals surface area contributed by atoms with Crippen LogP contribution < -0.4 is 10.6 Å². The van der Waals surface area contributed by atoms with Crippen LogP contribution in [0.1, 0.15) is 30.0 Å². The molecule has 0 saturated carbocycles. The normalized spacial score (nSPS) is 18.8. The average Bonchev–Trinajstić information content (AvgIpc) is 2.89. The summed E-state index contributed by atoms with van der Waals surface area (Å²) in [5.74, 6) is 0. The van der Waals surface area contributed by atoms with Gasteiger partial charge in [0.2, 0.25) is 0 Å². The third kappa shape index (κ3) is 2.30. The quantitative estimate of drug-likeness (QED) is 0.821. The number of rotatable bonds is 2. The second-order valence-corrected chi connectivity index (χ2v) is 5.31. The molecule has 2 aromatic carbocycles. The van der Waals surface area contributed by atoms with Crippen LogP contribution in [0.5, 0.6) is 0 Å². The van der Waals surface area contributed by atoms with Crippen molar-refractivity contribution in [2.24, 2.45) is 0 Å². The maximum atomic E-state index is 5.85. The van der Waals surface area contributed by atoms with E-state index in [1.807, 2.05) is 6.07 Å². The maximum Gasteiger partial charge on any atom is 0.0543 e. The van der Waals surface area contributed by atoms with E-state index in [-0.39, 0.29) is 0 Å². The van der Waals surface area contributed by atoms with Gasteiger partial charge in [-0.1, -0.05) is 30.3 Å². The zero-order chi connectivity index (χ0) is 13.2. The molecule has 1 fully saturated rings. The van der Waals surface area contributed by atoms with Crippen LogP contribution in [0.15, 0.2) is 48.5 Å². The summed E-state index contributed by atoms with van der Waals surface area (Å²) in [7, 11) is 0. The number of anilines is 2. The van der Waals surface area contributed by atoms with Gasteiger partial charge in [-0.3, -0.25) is 0 Å². The molecule has 0 aliphatic carbocycles. The smallest absolute Gasteiger partial charge is 0.0543 e. The minimum atomic E-state index is 0.503. The van der Waals surface area contributed by atoms with Crippen molar-refractivity contribution in [2.45, 2.75) is 25.8 Å². The molecule has 1 aliphatic heterocycles. The summed E-state index contributed by atoms with van der Waals surface area (Å²) >= 11 is 0. The highest BCUT2D eigenvalue weighted by atomic mass is 15.2. The molecule has 3 rings (SSSR count). The van der Waals surface area contributed by atoms with Crippen molar-refractivity contribution in [2.75, 3.05) is 17.2 Å². The lowest BCUT2D eigenvalue weighted by Gasteiger charge is -2.28. The van der Waals surface area contributed by atoms with E-state index in [4.69, 9.17) is 5.73 Å². The van der Waals surface area contributed by atoms with Gasteiger partial charge >= 0.3 is 0 Å². The summed E-state index contributed by atoms with van der Waals surface area (Å²) in [6, 6.07) is 17.5. The molecule has 1 aliphatic rings. The molecular formula is C17H20N2. The lowest BCUT2D eigenvalue weighted by molar-refractivity contribution is 0.718. The van der Waals surface area contributed by atoms with Gasteiger partial charge < -0.3 is 10.6 Å².